The van der Waals surface area contributed by atoms with Gasteiger partial charge in [-0.05, 0) is 18.6 Å². The van der Waals surface area contributed by atoms with Crippen molar-refractivity contribution in [2.75, 3.05) is 6.61 Å². The zero-order chi connectivity index (χ0) is 14.4. The summed E-state index contributed by atoms with van der Waals surface area (Å²) >= 11 is 0. The van der Waals surface area contributed by atoms with Gasteiger partial charge in [0.25, 0.3) is 5.91 Å². The Labute approximate surface area is 114 Å². The van der Waals surface area contributed by atoms with Gasteiger partial charge in [0.1, 0.15) is 5.71 Å². The Morgan fingerprint density at radius 3 is 3.10 bits per heavy atom. The molecule has 1 aromatic rings. The quantitative estimate of drug-likeness (QED) is 0.473. The summed E-state index contributed by atoms with van der Waals surface area (Å²) in [5.74, 6) is -1.74. The van der Waals surface area contributed by atoms with Crippen molar-refractivity contribution in [2.45, 2.75) is 6.42 Å². The van der Waals surface area contributed by atoms with Crippen LogP contribution in [0.3, 0.4) is 0 Å². The second-order valence-corrected chi connectivity index (χ2v) is 3.99. The molecule has 1 atom stereocenters. The highest BCUT2D eigenvalue weighted by Crippen LogP contribution is 2.11. The summed E-state index contributed by atoms with van der Waals surface area (Å²) < 4.78 is 0. The van der Waals surface area contributed by atoms with Gasteiger partial charge in [0.05, 0.1) is 17.8 Å². The minimum Gasteiger partial charge on any atom is -0.396 e. The maximum atomic E-state index is 11.8. The van der Waals surface area contributed by atoms with Crippen LogP contribution in [0.5, 0.6) is 0 Å². The Hall–Kier alpha value is -2.61. The number of aliphatic hydroxyl groups is 1. The molecule has 0 radical (unpaired) electrons. The first kappa shape index (κ1) is 13.8. The fourth-order valence-corrected chi connectivity index (χ4v) is 1.67. The number of hydrogen-bond donors (Lipinski definition) is 3. The summed E-state index contributed by atoms with van der Waals surface area (Å²) in [5.41, 5.74) is 5.08. The second-order valence-electron chi connectivity index (χ2n) is 3.99. The average Bonchev–Trinajstić information content (AvgIpc) is 2.82. The molecular formula is C12H13N5O3. The van der Waals surface area contributed by atoms with E-state index < -0.39 is 17.7 Å². The molecule has 0 saturated heterocycles. The van der Waals surface area contributed by atoms with Gasteiger partial charge >= 0.3 is 0 Å². The van der Waals surface area contributed by atoms with Crippen LogP contribution in [0.2, 0.25) is 0 Å². The van der Waals surface area contributed by atoms with Crippen LogP contribution < -0.4 is 10.9 Å². The Bertz CT molecular complexity index is 555. The zero-order valence-corrected chi connectivity index (χ0v) is 10.5. The van der Waals surface area contributed by atoms with Gasteiger partial charge in [0.2, 0.25) is 5.91 Å². The van der Waals surface area contributed by atoms with E-state index in [4.69, 9.17) is 5.11 Å². The number of hydrogen-bond acceptors (Lipinski definition) is 6. The van der Waals surface area contributed by atoms with E-state index >= 15 is 0 Å². The van der Waals surface area contributed by atoms with Crippen molar-refractivity contribution in [3.63, 3.8) is 0 Å². The Morgan fingerprint density at radius 2 is 2.40 bits per heavy atom. The molecule has 1 aromatic heterocycles. The molecule has 2 rings (SSSR count). The lowest BCUT2D eigenvalue weighted by atomic mass is 10.00. The highest BCUT2D eigenvalue weighted by molar-refractivity contribution is 6.44. The molecule has 8 nitrogen and oxygen atoms in total. The maximum Gasteiger partial charge on any atom is 0.288 e. The summed E-state index contributed by atoms with van der Waals surface area (Å²) in [6.07, 6.45) is 3.12. The SMILES string of the molecule is O=C(N/N=C\c1ccccn1)C1=NNC(=O)[C@H]1CCO. The van der Waals surface area contributed by atoms with Gasteiger partial charge in [0.15, 0.2) is 0 Å². The number of aliphatic hydroxyl groups excluding tert-OH is 1. The van der Waals surface area contributed by atoms with Gasteiger partial charge in [0, 0.05) is 12.8 Å². The van der Waals surface area contributed by atoms with E-state index in [9.17, 15) is 9.59 Å². The van der Waals surface area contributed by atoms with Crippen molar-refractivity contribution >= 4 is 23.7 Å². The van der Waals surface area contributed by atoms with E-state index in [1.54, 1.807) is 24.4 Å². The van der Waals surface area contributed by atoms with Crippen LogP contribution in [0.25, 0.3) is 0 Å². The summed E-state index contributed by atoms with van der Waals surface area (Å²) in [6.45, 7) is -0.207. The Morgan fingerprint density at radius 1 is 1.55 bits per heavy atom. The zero-order valence-electron chi connectivity index (χ0n) is 10.5. The minimum absolute atomic E-state index is 0.0159. The van der Waals surface area contributed by atoms with Gasteiger partial charge in [-0.1, -0.05) is 6.07 Å². The van der Waals surface area contributed by atoms with Crippen molar-refractivity contribution in [3.05, 3.63) is 30.1 Å². The number of amides is 2. The van der Waals surface area contributed by atoms with Gasteiger partial charge < -0.3 is 5.11 Å². The topological polar surface area (TPSA) is 116 Å². The molecule has 1 aliphatic rings. The fourth-order valence-electron chi connectivity index (χ4n) is 1.67. The van der Waals surface area contributed by atoms with Crippen LogP contribution in [0, 0.1) is 5.92 Å². The van der Waals surface area contributed by atoms with Gasteiger partial charge in [-0.15, -0.1) is 0 Å². The van der Waals surface area contributed by atoms with Crippen LogP contribution in [0.15, 0.2) is 34.6 Å². The molecule has 20 heavy (non-hydrogen) atoms. The van der Waals surface area contributed by atoms with E-state index in [2.05, 4.69) is 26.0 Å². The third-order valence-corrected chi connectivity index (χ3v) is 2.63. The molecule has 0 fully saturated rings. The molecule has 0 bridgehead atoms. The number of nitrogens with one attached hydrogen (secondary N) is 2. The summed E-state index contributed by atoms with van der Waals surface area (Å²) in [4.78, 5) is 27.2. The van der Waals surface area contributed by atoms with Crippen molar-refractivity contribution < 1.29 is 14.7 Å². The first-order valence-electron chi connectivity index (χ1n) is 5.95. The number of carbonyl (C=O) groups excluding carboxylic acids is 2. The highest BCUT2D eigenvalue weighted by atomic mass is 16.3. The van der Waals surface area contributed by atoms with Gasteiger partial charge in [-0.2, -0.15) is 10.2 Å². The van der Waals surface area contributed by atoms with Crippen LogP contribution in [-0.2, 0) is 9.59 Å². The van der Waals surface area contributed by atoms with Crippen LogP contribution >= 0.6 is 0 Å². The van der Waals surface area contributed by atoms with Crippen LogP contribution in [-0.4, -0.2) is 40.4 Å². The molecule has 104 valence electrons. The predicted octanol–water partition coefficient (Wildman–Crippen LogP) is -0.984. The van der Waals surface area contributed by atoms with E-state index in [0.717, 1.165) is 0 Å². The predicted molar refractivity (Wildman–Crippen MR) is 70.7 cm³/mol. The van der Waals surface area contributed by atoms with Crippen LogP contribution in [0.1, 0.15) is 12.1 Å². The maximum absolute atomic E-state index is 11.8. The lowest BCUT2D eigenvalue weighted by Gasteiger charge is -2.06. The largest absolute Gasteiger partial charge is 0.396 e. The highest BCUT2D eigenvalue weighted by Gasteiger charge is 2.33. The van der Waals surface area contributed by atoms with Gasteiger partial charge in [-0.25, -0.2) is 10.9 Å². The first-order valence-corrected chi connectivity index (χ1v) is 5.95. The van der Waals surface area contributed by atoms with E-state index in [-0.39, 0.29) is 18.7 Å². The molecule has 0 spiro atoms. The lowest BCUT2D eigenvalue weighted by Crippen LogP contribution is -2.34. The molecule has 8 heteroatoms. The van der Waals surface area contributed by atoms with E-state index in [1.165, 1.54) is 6.21 Å². The molecule has 0 saturated carbocycles. The van der Waals surface area contributed by atoms with Gasteiger partial charge in [-0.3, -0.25) is 14.6 Å². The standard InChI is InChI=1S/C12H13N5O3/c18-6-4-9-10(15-17-11(9)19)12(20)16-14-7-8-3-1-2-5-13-8/h1-3,5,7,9,18H,4,6H2,(H,16,20)(H,17,19)/b14-7-/t9-/m0/s1. The molecule has 0 aliphatic carbocycles. The second kappa shape index (κ2) is 6.53. The number of carbonyl (C=O) groups is 2. The number of aromatic nitrogens is 1. The Balaban J connectivity index is 1.95. The number of nitrogens with zero attached hydrogens (tertiary/aromatic N) is 3. The van der Waals surface area contributed by atoms with E-state index in [0.29, 0.717) is 5.69 Å². The minimum atomic E-state index is -0.745. The molecular weight excluding hydrogens is 262 g/mol. The first-order chi connectivity index (χ1) is 9.72. The van der Waals surface area contributed by atoms with Crippen molar-refractivity contribution in [1.82, 2.24) is 15.8 Å². The molecule has 1 aliphatic heterocycles. The normalized spacial score (nSPS) is 17.9. The number of hydrazone groups is 2. The number of pyridine rings is 1. The number of rotatable bonds is 5. The fraction of sp³-hybridized carbons (Fsp3) is 0.250. The smallest absolute Gasteiger partial charge is 0.288 e. The lowest BCUT2D eigenvalue weighted by molar-refractivity contribution is -0.123. The molecule has 2 amide bonds. The molecule has 0 unspecified atom stereocenters. The molecule has 3 N–H and O–H groups in total. The van der Waals surface area contributed by atoms with Crippen molar-refractivity contribution in [2.24, 2.45) is 16.1 Å². The summed E-state index contributed by atoms with van der Waals surface area (Å²) in [7, 11) is 0. The van der Waals surface area contributed by atoms with Crippen molar-refractivity contribution in [3.8, 4) is 0 Å². The van der Waals surface area contributed by atoms with E-state index in [1.807, 2.05) is 0 Å². The molecule has 2 heterocycles. The Kier molecular flexibility index (Phi) is 4.51. The average molecular weight is 275 g/mol. The molecule has 0 aromatic carbocycles. The third kappa shape index (κ3) is 3.23. The van der Waals surface area contributed by atoms with Crippen molar-refractivity contribution in [1.29, 1.82) is 0 Å². The third-order valence-electron chi connectivity index (χ3n) is 2.63. The van der Waals surface area contributed by atoms with Crippen LogP contribution in [0.4, 0.5) is 0 Å². The summed E-state index contributed by atoms with van der Waals surface area (Å²) in [5, 5.41) is 16.2. The monoisotopic (exact) mass is 275 g/mol. The summed E-state index contributed by atoms with van der Waals surface area (Å²) in [6, 6.07) is 5.28.